The lowest BCUT2D eigenvalue weighted by Crippen LogP contribution is -2.35. The van der Waals surface area contributed by atoms with E-state index in [1.54, 1.807) is 12.3 Å². The largest absolute Gasteiger partial charge is 0.341 e. The minimum absolute atomic E-state index is 0.0236. The van der Waals surface area contributed by atoms with Gasteiger partial charge in [0.2, 0.25) is 0 Å². The van der Waals surface area contributed by atoms with E-state index in [0.717, 1.165) is 10.3 Å². The lowest BCUT2D eigenvalue weighted by Gasteiger charge is -2.19. The first-order valence-electron chi connectivity index (χ1n) is 6.09. The first-order chi connectivity index (χ1) is 8.85. The van der Waals surface area contributed by atoms with Crippen LogP contribution in [0, 0.1) is 5.82 Å². The number of H-pyrrole nitrogens is 1. The van der Waals surface area contributed by atoms with Crippen LogP contribution in [0.3, 0.4) is 0 Å². The summed E-state index contributed by atoms with van der Waals surface area (Å²) < 4.78 is 14.6. The molecule has 0 amide bonds. The molecule has 0 saturated carbocycles. The Bertz CT molecular complexity index is 572. The number of rotatable bonds is 3. The van der Waals surface area contributed by atoms with Gasteiger partial charge in [0.05, 0.1) is 18.4 Å². The molecule has 0 aliphatic rings. The standard InChI is InChI=1S/C14H17BrFN3/c1-14(2,3)18-8-13-17-7-12(19-13)10-5-4-9(15)6-11(10)16/h4-7,18H,8H2,1-3H3,(H,17,19). The quantitative estimate of drug-likeness (QED) is 0.899. The second-order valence-electron chi connectivity index (χ2n) is 5.47. The van der Waals surface area contributed by atoms with Crippen LogP contribution < -0.4 is 5.32 Å². The Kier molecular flexibility index (Phi) is 4.06. The molecule has 0 fully saturated rings. The van der Waals surface area contributed by atoms with Gasteiger partial charge in [-0.05, 0) is 39.0 Å². The van der Waals surface area contributed by atoms with Crippen LogP contribution in [0.15, 0.2) is 28.9 Å². The molecule has 2 N–H and O–H groups in total. The molecule has 2 aromatic rings. The van der Waals surface area contributed by atoms with E-state index in [4.69, 9.17) is 0 Å². The highest BCUT2D eigenvalue weighted by Gasteiger charge is 2.12. The lowest BCUT2D eigenvalue weighted by atomic mass is 10.1. The van der Waals surface area contributed by atoms with Crippen molar-refractivity contribution in [2.24, 2.45) is 0 Å². The number of hydrogen-bond donors (Lipinski definition) is 2. The molecule has 0 bridgehead atoms. The summed E-state index contributed by atoms with van der Waals surface area (Å²) in [5.41, 5.74) is 1.24. The summed E-state index contributed by atoms with van der Waals surface area (Å²) in [6.45, 7) is 6.89. The van der Waals surface area contributed by atoms with Gasteiger partial charge in [0, 0.05) is 15.6 Å². The SMILES string of the molecule is CC(C)(C)NCc1ncc(-c2ccc(Br)cc2F)[nH]1. The van der Waals surface area contributed by atoms with Gasteiger partial charge < -0.3 is 10.3 Å². The maximum Gasteiger partial charge on any atom is 0.133 e. The van der Waals surface area contributed by atoms with Crippen molar-refractivity contribution in [3.63, 3.8) is 0 Å². The molecule has 0 aliphatic carbocycles. The highest BCUT2D eigenvalue weighted by atomic mass is 79.9. The Labute approximate surface area is 120 Å². The molecule has 0 unspecified atom stereocenters. The number of aromatic nitrogens is 2. The predicted octanol–water partition coefficient (Wildman–Crippen LogP) is 3.87. The van der Waals surface area contributed by atoms with Crippen LogP contribution in [0.5, 0.6) is 0 Å². The maximum absolute atomic E-state index is 13.8. The van der Waals surface area contributed by atoms with Gasteiger partial charge in [-0.1, -0.05) is 15.9 Å². The van der Waals surface area contributed by atoms with E-state index in [0.29, 0.717) is 17.8 Å². The number of hydrogen-bond acceptors (Lipinski definition) is 2. The normalized spacial score (nSPS) is 11.8. The van der Waals surface area contributed by atoms with Gasteiger partial charge in [0.25, 0.3) is 0 Å². The number of nitrogens with zero attached hydrogens (tertiary/aromatic N) is 1. The molecular weight excluding hydrogens is 309 g/mol. The first-order valence-corrected chi connectivity index (χ1v) is 6.89. The summed E-state index contributed by atoms with van der Waals surface area (Å²) in [4.78, 5) is 7.40. The van der Waals surface area contributed by atoms with E-state index in [1.165, 1.54) is 6.07 Å². The summed E-state index contributed by atoms with van der Waals surface area (Å²) in [6.07, 6.45) is 1.66. The maximum atomic E-state index is 13.8. The summed E-state index contributed by atoms with van der Waals surface area (Å²) in [5.74, 6) is 0.528. The van der Waals surface area contributed by atoms with E-state index < -0.39 is 0 Å². The van der Waals surface area contributed by atoms with Crippen LogP contribution in [0.2, 0.25) is 0 Å². The zero-order chi connectivity index (χ0) is 14.0. The molecule has 2 rings (SSSR count). The Morgan fingerprint density at radius 2 is 2.11 bits per heavy atom. The van der Waals surface area contributed by atoms with Gasteiger partial charge in [-0.15, -0.1) is 0 Å². The van der Waals surface area contributed by atoms with Crippen LogP contribution in [0.25, 0.3) is 11.3 Å². The summed E-state index contributed by atoms with van der Waals surface area (Å²) >= 11 is 3.24. The molecule has 0 saturated heterocycles. The van der Waals surface area contributed by atoms with Crippen molar-refractivity contribution in [2.45, 2.75) is 32.9 Å². The van der Waals surface area contributed by atoms with Gasteiger partial charge >= 0.3 is 0 Å². The summed E-state index contributed by atoms with van der Waals surface area (Å²) in [5, 5.41) is 3.33. The molecule has 3 nitrogen and oxygen atoms in total. The molecule has 19 heavy (non-hydrogen) atoms. The first kappa shape index (κ1) is 14.2. The molecule has 0 spiro atoms. The zero-order valence-corrected chi connectivity index (χ0v) is 12.8. The number of nitrogens with one attached hydrogen (secondary N) is 2. The third kappa shape index (κ3) is 3.88. The number of halogens is 2. The fourth-order valence-electron chi connectivity index (χ4n) is 1.65. The van der Waals surface area contributed by atoms with Crippen LogP contribution in [0.1, 0.15) is 26.6 Å². The number of benzene rings is 1. The monoisotopic (exact) mass is 325 g/mol. The van der Waals surface area contributed by atoms with Crippen molar-refractivity contribution >= 4 is 15.9 Å². The van der Waals surface area contributed by atoms with Crippen LogP contribution >= 0.6 is 15.9 Å². The van der Waals surface area contributed by atoms with Gasteiger partial charge in [0.15, 0.2) is 0 Å². The van der Waals surface area contributed by atoms with Crippen molar-refractivity contribution in [1.82, 2.24) is 15.3 Å². The van der Waals surface area contributed by atoms with E-state index in [-0.39, 0.29) is 11.4 Å². The fourth-order valence-corrected chi connectivity index (χ4v) is 1.98. The van der Waals surface area contributed by atoms with Crippen molar-refractivity contribution in [2.75, 3.05) is 0 Å². The number of aromatic amines is 1. The lowest BCUT2D eigenvalue weighted by molar-refractivity contribution is 0.418. The van der Waals surface area contributed by atoms with E-state index in [9.17, 15) is 4.39 Å². The van der Waals surface area contributed by atoms with Crippen LogP contribution in [0.4, 0.5) is 4.39 Å². The smallest absolute Gasteiger partial charge is 0.133 e. The van der Waals surface area contributed by atoms with Crippen LogP contribution in [-0.4, -0.2) is 15.5 Å². The molecule has 102 valence electrons. The zero-order valence-electron chi connectivity index (χ0n) is 11.2. The van der Waals surface area contributed by atoms with Crippen molar-refractivity contribution in [1.29, 1.82) is 0 Å². The Balaban J connectivity index is 2.16. The third-order valence-electron chi connectivity index (χ3n) is 2.64. The van der Waals surface area contributed by atoms with E-state index in [1.807, 2.05) is 6.07 Å². The van der Waals surface area contributed by atoms with Gasteiger partial charge in [-0.25, -0.2) is 9.37 Å². The van der Waals surface area contributed by atoms with Crippen molar-refractivity contribution in [3.8, 4) is 11.3 Å². The highest BCUT2D eigenvalue weighted by molar-refractivity contribution is 9.10. The molecule has 1 aromatic carbocycles. The van der Waals surface area contributed by atoms with Crippen LogP contribution in [-0.2, 0) is 6.54 Å². The summed E-state index contributed by atoms with van der Waals surface area (Å²) in [7, 11) is 0. The topological polar surface area (TPSA) is 40.7 Å². The van der Waals surface area contributed by atoms with E-state index >= 15 is 0 Å². The Morgan fingerprint density at radius 1 is 1.37 bits per heavy atom. The molecular formula is C14H17BrFN3. The Morgan fingerprint density at radius 3 is 2.74 bits per heavy atom. The van der Waals surface area contributed by atoms with E-state index in [2.05, 4.69) is 52.0 Å². The second-order valence-corrected chi connectivity index (χ2v) is 6.39. The van der Waals surface area contributed by atoms with Gasteiger partial charge in [-0.3, -0.25) is 0 Å². The number of imidazole rings is 1. The predicted molar refractivity (Wildman–Crippen MR) is 78.3 cm³/mol. The summed E-state index contributed by atoms with van der Waals surface area (Å²) in [6, 6.07) is 4.99. The minimum Gasteiger partial charge on any atom is -0.341 e. The van der Waals surface area contributed by atoms with Crippen molar-refractivity contribution < 1.29 is 4.39 Å². The average molecular weight is 326 g/mol. The Hall–Kier alpha value is -1.20. The molecule has 0 radical (unpaired) electrons. The van der Waals surface area contributed by atoms with Gasteiger partial charge in [0.1, 0.15) is 11.6 Å². The second kappa shape index (κ2) is 5.43. The minimum atomic E-state index is -0.270. The van der Waals surface area contributed by atoms with Gasteiger partial charge in [-0.2, -0.15) is 0 Å². The molecule has 5 heteroatoms. The van der Waals surface area contributed by atoms with Crippen molar-refractivity contribution in [3.05, 3.63) is 40.5 Å². The molecule has 0 aliphatic heterocycles. The third-order valence-corrected chi connectivity index (χ3v) is 3.13. The molecule has 1 aromatic heterocycles. The highest BCUT2D eigenvalue weighted by Crippen LogP contribution is 2.24. The average Bonchev–Trinajstić information content (AvgIpc) is 2.74. The molecule has 0 atom stereocenters. The fraction of sp³-hybridized carbons (Fsp3) is 0.357. The molecule has 1 heterocycles.